The Morgan fingerprint density at radius 2 is 1.55 bits per heavy atom. The third-order valence-electron chi connectivity index (χ3n) is 3.34. The van der Waals surface area contributed by atoms with E-state index >= 15 is 0 Å². The Bertz CT molecular complexity index is 755. The SMILES string of the molecule is Cc1cc(C)cc(Nc2cc(C)nc3ccccc23)c1. The number of nitrogens with zero attached hydrogens (tertiary/aromatic N) is 1. The second-order valence-electron chi connectivity index (χ2n) is 5.33. The Morgan fingerprint density at radius 3 is 2.30 bits per heavy atom. The Kier molecular flexibility index (Phi) is 3.15. The molecule has 0 saturated carbocycles. The maximum atomic E-state index is 4.57. The van der Waals surface area contributed by atoms with Gasteiger partial charge in [-0.1, -0.05) is 24.3 Å². The summed E-state index contributed by atoms with van der Waals surface area (Å²) < 4.78 is 0. The molecular formula is C18H18N2. The first-order valence-corrected chi connectivity index (χ1v) is 6.83. The van der Waals surface area contributed by atoms with Gasteiger partial charge in [0.1, 0.15) is 0 Å². The Labute approximate surface area is 119 Å². The molecule has 0 atom stereocenters. The average molecular weight is 262 g/mol. The number of fused-ring (bicyclic) bond motifs is 1. The van der Waals surface area contributed by atoms with Crippen LogP contribution in [0.3, 0.4) is 0 Å². The fourth-order valence-corrected chi connectivity index (χ4v) is 2.61. The molecule has 3 aromatic rings. The van der Waals surface area contributed by atoms with E-state index in [0.29, 0.717) is 0 Å². The van der Waals surface area contributed by atoms with Gasteiger partial charge in [-0.2, -0.15) is 0 Å². The highest BCUT2D eigenvalue weighted by Gasteiger charge is 2.04. The molecule has 20 heavy (non-hydrogen) atoms. The first-order chi connectivity index (χ1) is 9.61. The van der Waals surface area contributed by atoms with Gasteiger partial charge in [-0.3, -0.25) is 4.98 Å². The zero-order valence-corrected chi connectivity index (χ0v) is 12.1. The zero-order chi connectivity index (χ0) is 14.1. The molecule has 0 saturated heterocycles. The summed E-state index contributed by atoms with van der Waals surface area (Å²) in [5.41, 5.74) is 6.82. The number of benzene rings is 2. The van der Waals surface area contributed by atoms with E-state index in [-0.39, 0.29) is 0 Å². The normalized spacial score (nSPS) is 10.8. The molecule has 0 unspecified atom stereocenters. The summed E-state index contributed by atoms with van der Waals surface area (Å²) in [6.45, 7) is 6.27. The van der Waals surface area contributed by atoms with Crippen molar-refractivity contribution in [2.24, 2.45) is 0 Å². The molecule has 0 bridgehead atoms. The Morgan fingerprint density at radius 1 is 0.850 bits per heavy atom. The molecule has 0 spiro atoms. The van der Waals surface area contributed by atoms with Crippen molar-refractivity contribution in [3.63, 3.8) is 0 Å². The number of pyridine rings is 1. The highest BCUT2D eigenvalue weighted by Crippen LogP contribution is 2.27. The van der Waals surface area contributed by atoms with Gasteiger partial charge in [-0.15, -0.1) is 0 Å². The summed E-state index contributed by atoms with van der Waals surface area (Å²) >= 11 is 0. The molecule has 1 heterocycles. The van der Waals surface area contributed by atoms with Crippen LogP contribution in [0.15, 0.2) is 48.5 Å². The van der Waals surface area contributed by atoms with Crippen molar-refractivity contribution in [3.8, 4) is 0 Å². The van der Waals surface area contributed by atoms with E-state index in [1.165, 1.54) is 11.1 Å². The number of aryl methyl sites for hydroxylation is 3. The van der Waals surface area contributed by atoms with Crippen LogP contribution >= 0.6 is 0 Å². The van der Waals surface area contributed by atoms with Gasteiger partial charge >= 0.3 is 0 Å². The first-order valence-electron chi connectivity index (χ1n) is 6.83. The minimum atomic E-state index is 1.02. The van der Waals surface area contributed by atoms with Crippen molar-refractivity contribution < 1.29 is 0 Å². The van der Waals surface area contributed by atoms with Crippen molar-refractivity contribution >= 4 is 22.3 Å². The lowest BCUT2D eigenvalue weighted by molar-refractivity contribution is 1.25. The molecule has 1 N–H and O–H groups in total. The van der Waals surface area contributed by atoms with Crippen molar-refractivity contribution in [2.75, 3.05) is 5.32 Å². The number of para-hydroxylation sites is 1. The molecule has 1 aromatic heterocycles. The predicted molar refractivity (Wildman–Crippen MR) is 85.7 cm³/mol. The van der Waals surface area contributed by atoms with Gasteiger partial charge in [0.2, 0.25) is 0 Å². The van der Waals surface area contributed by atoms with Gasteiger partial charge < -0.3 is 5.32 Å². The molecule has 100 valence electrons. The maximum Gasteiger partial charge on any atom is 0.0726 e. The minimum absolute atomic E-state index is 1.02. The van der Waals surface area contributed by atoms with Crippen LogP contribution in [0, 0.1) is 20.8 Å². The molecule has 0 amide bonds. The molecule has 2 nitrogen and oxygen atoms in total. The second-order valence-corrected chi connectivity index (χ2v) is 5.33. The summed E-state index contributed by atoms with van der Waals surface area (Å²) in [6, 6.07) is 16.8. The van der Waals surface area contributed by atoms with E-state index < -0.39 is 0 Å². The summed E-state index contributed by atoms with van der Waals surface area (Å²) in [5.74, 6) is 0. The average Bonchev–Trinajstić information content (AvgIpc) is 2.37. The van der Waals surface area contributed by atoms with Crippen LogP contribution in [0.4, 0.5) is 11.4 Å². The quantitative estimate of drug-likeness (QED) is 0.710. The second kappa shape index (κ2) is 4.97. The van der Waals surface area contributed by atoms with Crippen molar-refractivity contribution in [1.82, 2.24) is 4.98 Å². The summed E-state index contributed by atoms with van der Waals surface area (Å²) in [7, 11) is 0. The van der Waals surface area contributed by atoms with Gasteiger partial charge in [0.05, 0.1) is 5.52 Å². The lowest BCUT2D eigenvalue weighted by Crippen LogP contribution is -1.95. The molecule has 0 radical (unpaired) electrons. The highest BCUT2D eigenvalue weighted by molar-refractivity contribution is 5.93. The smallest absolute Gasteiger partial charge is 0.0726 e. The van der Waals surface area contributed by atoms with Gasteiger partial charge in [-0.25, -0.2) is 0 Å². The van der Waals surface area contributed by atoms with Gasteiger partial charge in [0.15, 0.2) is 0 Å². The van der Waals surface area contributed by atoms with Crippen LogP contribution in [0.2, 0.25) is 0 Å². The Balaban J connectivity index is 2.10. The third kappa shape index (κ3) is 2.50. The fourth-order valence-electron chi connectivity index (χ4n) is 2.61. The standard InChI is InChI=1S/C18H18N2/c1-12-8-13(2)10-15(9-12)20-18-11-14(3)19-17-7-5-4-6-16(17)18/h4-11H,1-3H3,(H,19,20). The number of hydrogen-bond donors (Lipinski definition) is 1. The summed E-state index contributed by atoms with van der Waals surface area (Å²) in [5, 5.41) is 4.68. The first kappa shape index (κ1) is 12.7. The Hall–Kier alpha value is -2.35. The molecule has 2 heteroatoms. The number of anilines is 2. The minimum Gasteiger partial charge on any atom is -0.355 e. The lowest BCUT2D eigenvalue weighted by atomic mass is 10.1. The molecule has 0 aliphatic carbocycles. The van der Waals surface area contributed by atoms with Gasteiger partial charge in [0, 0.05) is 22.5 Å². The largest absolute Gasteiger partial charge is 0.355 e. The maximum absolute atomic E-state index is 4.57. The van der Waals surface area contributed by atoms with Crippen LogP contribution in [0.25, 0.3) is 10.9 Å². The van der Waals surface area contributed by atoms with Gasteiger partial charge in [-0.05, 0) is 56.2 Å². The number of nitrogens with one attached hydrogen (secondary N) is 1. The van der Waals surface area contributed by atoms with Crippen molar-refractivity contribution in [2.45, 2.75) is 20.8 Å². The third-order valence-corrected chi connectivity index (χ3v) is 3.34. The van der Waals surface area contributed by atoms with Crippen LogP contribution in [0.5, 0.6) is 0 Å². The molecule has 0 aliphatic heterocycles. The molecule has 3 rings (SSSR count). The topological polar surface area (TPSA) is 24.9 Å². The van der Waals surface area contributed by atoms with E-state index in [0.717, 1.165) is 28.0 Å². The number of rotatable bonds is 2. The fraction of sp³-hybridized carbons (Fsp3) is 0.167. The van der Waals surface area contributed by atoms with Crippen molar-refractivity contribution in [3.05, 3.63) is 65.4 Å². The van der Waals surface area contributed by atoms with Crippen LogP contribution in [-0.2, 0) is 0 Å². The van der Waals surface area contributed by atoms with E-state index in [2.05, 4.69) is 60.5 Å². The van der Waals surface area contributed by atoms with Crippen molar-refractivity contribution in [1.29, 1.82) is 0 Å². The molecule has 2 aromatic carbocycles. The lowest BCUT2D eigenvalue weighted by Gasteiger charge is -2.12. The van der Waals surface area contributed by atoms with Crippen LogP contribution in [0.1, 0.15) is 16.8 Å². The molecule has 0 fully saturated rings. The zero-order valence-electron chi connectivity index (χ0n) is 12.1. The van der Waals surface area contributed by atoms with E-state index in [9.17, 15) is 0 Å². The van der Waals surface area contributed by atoms with E-state index in [1.807, 2.05) is 19.1 Å². The summed E-state index contributed by atoms with van der Waals surface area (Å²) in [4.78, 5) is 4.57. The number of aromatic nitrogens is 1. The summed E-state index contributed by atoms with van der Waals surface area (Å²) in [6.07, 6.45) is 0. The van der Waals surface area contributed by atoms with Crippen LogP contribution in [-0.4, -0.2) is 4.98 Å². The molecular weight excluding hydrogens is 244 g/mol. The highest BCUT2D eigenvalue weighted by atomic mass is 14.9. The van der Waals surface area contributed by atoms with Gasteiger partial charge in [0.25, 0.3) is 0 Å². The predicted octanol–water partition coefficient (Wildman–Crippen LogP) is 4.90. The molecule has 0 aliphatic rings. The van der Waals surface area contributed by atoms with E-state index in [1.54, 1.807) is 0 Å². The van der Waals surface area contributed by atoms with Crippen LogP contribution < -0.4 is 5.32 Å². The number of hydrogen-bond acceptors (Lipinski definition) is 2. The van der Waals surface area contributed by atoms with E-state index in [4.69, 9.17) is 0 Å². The monoisotopic (exact) mass is 262 g/mol.